The molecule has 0 spiro atoms. The van der Waals surface area contributed by atoms with Crippen molar-refractivity contribution in [2.45, 2.75) is 25.9 Å². The van der Waals surface area contributed by atoms with Gasteiger partial charge >= 0.3 is 0 Å². The second-order valence-electron chi connectivity index (χ2n) is 6.38. The Bertz CT molecular complexity index is 964. The van der Waals surface area contributed by atoms with E-state index in [0.717, 1.165) is 35.3 Å². The Morgan fingerprint density at radius 3 is 3.00 bits per heavy atom. The average molecular weight is 351 g/mol. The molecule has 1 aliphatic heterocycles. The number of carbonyl (C=O) groups is 1. The van der Waals surface area contributed by atoms with Crippen LogP contribution in [0.5, 0.6) is 5.75 Å². The van der Waals surface area contributed by atoms with E-state index < -0.39 is 6.10 Å². The summed E-state index contributed by atoms with van der Waals surface area (Å²) in [6.07, 6.45) is 1.29. The number of imidazole rings is 1. The van der Waals surface area contributed by atoms with Gasteiger partial charge in [-0.15, -0.1) is 0 Å². The number of aromatic nitrogens is 2. The first-order valence-electron chi connectivity index (χ1n) is 8.77. The standard InChI is InChI=1S/C20H21N3O3/c1-3-6-18-22-15-11-13(9-10-16(15)23(18)2)21-20(24)19-14-7-4-5-8-17(14)25-12-26-19/h4-5,7-11,19H,3,6,12H2,1-2H3,(H,21,24)/t19-/m1/s1. The van der Waals surface area contributed by atoms with Crippen LogP contribution in [0, 0.1) is 0 Å². The van der Waals surface area contributed by atoms with Crippen molar-refractivity contribution >= 4 is 22.6 Å². The number of amides is 1. The van der Waals surface area contributed by atoms with Crippen molar-refractivity contribution in [3.8, 4) is 5.75 Å². The van der Waals surface area contributed by atoms with Gasteiger partial charge in [0.2, 0.25) is 0 Å². The average Bonchev–Trinajstić information content (AvgIpc) is 2.96. The fraction of sp³-hybridized carbons (Fsp3) is 0.300. The van der Waals surface area contributed by atoms with Gasteiger partial charge in [-0.25, -0.2) is 4.98 Å². The van der Waals surface area contributed by atoms with E-state index in [-0.39, 0.29) is 12.7 Å². The monoisotopic (exact) mass is 351 g/mol. The van der Waals surface area contributed by atoms with E-state index in [9.17, 15) is 4.79 Å². The summed E-state index contributed by atoms with van der Waals surface area (Å²) in [5.74, 6) is 1.51. The molecule has 1 N–H and O–H groups in total. The van der Waals surface area contributed by atoms with Crippen LogP contribution in [0.15, 0.2) is 42.5 Å². The van der Waals surface area contributed by atoms with E-state index in [1.807, 2.05) is 49.5 Å². The molecular formula is C20H21N3O3. The lowest BCUT2D eigenvalue weighted by Crippen LogP contribution is -2.28. The van der Waals surface area contributed by atoms with Crippen LogP contribution in [0.3, 0.4) is 0 Å². The number of aryl methyl sites for hydroxylation is 2. The van der Waals surface area contributed by atoms with E-state index in [1.54, 1.807) is 0 Å². The molecule has 2 aromatic carbocycles. The van der Waals surface area contributed by atoms with Crippen molar-refractivity contribution in [2.24, 2.45) is 7.05 Å². The summed E-state index contributed by atoms with van der Waals surface area (Å²) in [6.45, 7) is 2.20. The van der Waals surface area contributed by atoms with Crippen LogP contribution < -0.4 is 10.1 Å². The van der Waals surface area contributed by atoms with E-state index in [1.165, 1.54) is 0 Å². The summed E-state index contributed by atoms with van der Waals surface area (Å²) in [7, 11) is 2.02. The molecule has 4 rings (SSSR count). The summed E-state index contributed by atoms with van der Waals surface area (Å²) in [5, 5.41) is 2.94. The van der Waals surface area contributed by atoms with Crippen molar-refractivity contribution in [2.75, 3.05) is 12.1 Å². The number of hydrogen-bond acceptors (Lipinski definition) is 4. The second kappa shape index (κ2) is 6.80. The lowest BCUT2D eigenvalue weighted by atomic mass is 10.1. The molecule has 0 saturated heterocycles. The third kappa shape index (κ3) is 2.93. The minimum Gasteiger partial charge on any atom is -0.467 e. The number of fused-ring (bicyclic) bond motifs is 2. The maximum Gasteiger partial charge on any atom is 0.258 e. The number of benzene rings is 2. The van der Waals surface area contributed by atoms with E-state index in [4.69, 9.17) is 9.47 Å². The zero-order valence-electron chi connectivity index (χ0n) is 14.9. The van der Waals surface area contributed by atoms with E-state index in [2.05, 4.69) is 21.8 Å². The van der Waals surface area contributed by atoms with Crippen LogP contribution in [-0.2, 0) is 23.0 Å². The molecule has 3 aromatic rings. The first-order valence-corrected chi connectivity index (χ1v) is 8.77. The Morgan fingerprint density at radius 1 is 1.31 bits per heavy atom. The second-order valence-corrected chi connectivity index (χ2v) is 6.38. The van der Waals surface area contributed by atoms with Gasteiger partial charge in [0.05, 0.1) is 11.0 Å². The number of para-hydroxylation sites is 1. The number of rotatable bonds is 4. The number of nitrogens with zero attached hydrogens (tertiary/aromatic N) is 2. The molecule has 6 nitrogen and oxygen atoms in total. The summed E-state index contributed by atoms with van der Waals surface area (Å²) in [4.78, 5) is 17.4. The largest absolute Gasteiger partial charge is 0.467 e. The van der Waals surface area contributed by atoms with Gasteiger partial charge in [-0.05, 0) is 30.7 Å². The van der Waals surface area contributed by atoms with Crippen LogP contribution in [-0.4, -0.2) is 22.3 Å². The number of nitrogens with one attached hydrogen (secondary N) is 1. The third-order valence-electron chi connectivity index (χ3n) is 4.60. The highest BCUT2D eigenvalue weighted by Gasteiger charge is 2.28. The van der Waals surface area contributed by atoms with Crippen molar-refractivity contribution in [3.05, 3.63) is 53.9 Å². The molecular weight excluding hydrogens is 330 g/mol. The molecule has 6 heteroatoms. The molecule has 0 aliphatic carbocycles. The highest BCUT2D eigenvalue weighted by molar-refractivity contribution is 5.97. The van der Waals surface area contributed by atoms with Gasteiger partial charge in [0.25, 0.3) is 5.91 Å². The van der Waals surface area contributed by atoms with Gasteiger partial charge in [0.15, 0.2) is 12.9 Å². The molecule has 0 saturated carbocycles. The topological polar surface area (TPSA) is 65.4 Å². The SMILES string of the molecule is CCCc1nc2cc(NC(=O)[C@@H]3OCOc4ccccc43)ccc2n1C. The first kappa shape index (κ1) is 16.6. The molecule has 1 atom stereocenters. The predicted molar refractivity (Wildman–Crippen MR) is 99.1 cm³/mol. The molecule has 0 unspecified atom stereocenters. The van der Waals surface area contributed by atoms with Gasteiger partial charge in [-0.3, -0.25) is 4.79 Å². The molecule has 1 aromatic heterocycles. The lowest BCUT2D eigenvalue weighted by Gasteiger charge is -2.25. The van der Waals surface area contributed by atoms with Crippen molar-refractivity contribution in [3.63, 3.8) is 0 Å². The van der Waals surface area contributed by atoms with Crippen molar-refractivity contribution in [1.29, 1.82) is 0 Å². The minimum atomic E-state index is -0.685. The molecule has 0 bridgehead atoms. The Kier molecular flexibility index (Phi) is 4.34. The number of anilines is 1. The molecule has 26 heavy (non-hydrogen) atoms. The maximum absolute atomic E-state index is 12.7. The van der Waals surface area contributed by atoms with Crippen molar-refractivity contribution in [1.82, 2.24) is 9.55 Å². The fourth-order valence-corrected chi connectivity index (χ4v) is 3.28. The van der Waals surface area contributed by atoms with Gasteiger partial charge in [0.1, 0.15) is 11.6 Å². The molecule has 134 valence electrons. The molecule has 0 fully saturated rings. The van der Waals surface area contributed by atoms with Crippen LogP contribution >= 0.6 is 0 Å². The first-order chi connectivity index (χ1) is 12.7. The smallest absolute Gasteiger partial charge is 0.258 e. The number of hydrogen-bond donors (Lipinski definition) is 1. The lowest BCUT2D eigenvalue weighted by molar-refractivity contribution is -0.136. The summed E-state index contributed by atoms with van der Waals surface area (Å²) in [5.41, 5.74) is 3.37. The Hall–Kier alpha value is -2.86. The fourth-order valence-electron chi connectivity index (χ4n) is 3.28. The quantitative estimate of drug-likeness (QED) is 0.780. The summed E-state index contributed by atoms with van der Waals surface area (Å²) >= 11 is 0. The minimum absolute atomic E-state index is 0.0642. The van der Waals surface area contributed by atoms with Crippen molar-refractivity contribution < 1.29 is 14.3 Å². The van der Waals surface area contributed by atoms with E-state index >= 15 is 0 Å². The predicted octanol–water partition coefficient (Wildman–Crippen LogP) is 3.57. The normalized spacial score (nSPS) is 16.2. The summed E-state index contributed by atoms with van der Waals surface area (Å²) in [6, 6.07) is 13.2. The van der Waals surface area contributed by atoms with Gasteiger partial charge in [-0.2, -0.15) is 0 Å². The molecule has 0 radical (unpaired) electrons. The zero-order valence-corrected chi connectivity index (χ0v) is 14.9. The third-order valence-corrected chi connectivity index (χ3v) is 4.60. The van der Waals surface area contributed by atoms with Gasteiger partial charge in [0, 0.05) is 24.7 Å². The van der Waals surface area contributed by atoms with Crippen LogP contribution in [0.4, 0.5) is 5.69 Å². The van der Waals surface area contributed by atoms with Gasteiger partial charge in [-0.1, -0.05) is 25.1 Å². The molecule has 1 aliphatic rings. The number of ether oxygens (including phenoxy) is 2. The van der Waals surface area contributed by atoms with E-state index in [0.29, 0.717) is 11.4 Å². The van der Waals surface area contributed by atoms with Gasteiger partial charge < -0.3 is 19.4 Å². The van der Waals surface area contributed by atoms with Crippen LogP contribution in [0.1, 0.15) is 30.8 Å². The maximum atomic E-state index is 12.7. The highest BCUT2D eigenvalue weighted by atomic mass is 16.7. The highest BCUT2D eigenvalue weighted by Crippen LogP contribution is 2.32. The molecule has 2 heterocycles. The Balaban J connectivity index is 1.58. The zero-order chi connectivity index (χ0) is 18.1. The van der Waals surface area contributed by atoms with Crippen LogP contribution in [0.25, 0.3) is 11.0 Å². The Morgan fingerprint density at radius 2 is 2.15 bits per heavy atom. The Labute approximate surface area is 151 Å². The molecule has 1 amide bonds. The van der Waals surface area contributed by atoms with Crippen LogP contribution in [0.2, 0.25) is 0 Å². The summed E-state index contributed by atoms with van der Waals surface area (Å²) < 4.78 is 13.1. The number of carbonyl (C=O) groups excluding carboxylic acids is 1.